The fraction of sp³-hybridized carbons (Fsp3) is 0.316. The van der Waals surface area contributed by atoms with Crippen LogP contribution >= 0.6 is 11.6 Å². The molecule has 1 amide bonds. The summed E-state index contributed by atoms with van der Waals surface area (Å²) in [6, 6.07) is 15.1. The third-order valence-electron chi connectivity index (χ3n) is 3.47. The van der Waals surface area contributed by atoms with Crippen LogP contribution in [-0.4, -0.2) is 12.5 Å². The highest BCUT2D eigenvalue weighted by atomic mass is 35.5. The van der Waals surface area contributed by atoms with Gasteiger partial charge in [0.1, 0.15) is 5.75 Å². The standard InChI is InChI=1S/C19H22ClNO2/c1-2-3-4-15-5-9-17(10-6-15)21-19(22)13-14-23-18-11-7-16(20)8-12-18/h5-12H,2-4,13-14H2,1H3,(H,21,22). The topological polar surface area (TPSA) is 38.3 Å². The minimum absolute atomic E-state index is 0.0553. The van der Waals surface area contributed by atoms with E-state index < -0.39 is 0 Å². The van der Waals surface area contributed by atoms with Gasteiger partial charge in [0.05, 0.1) is 13.0 Å². The zero-order valence-corrected chi connectivity index (χ0v) is 14.1. The normalized spacial score (nSPS) is 10.3. The molecular formula is C19H22ClNO2. The molecular weight excluding hydrogens is 310 g/mol. The lowest BCUT2D eigenvalue weighted by atomic mass is 10.1. The van der Waals surface area contributed by atoms with Crippen molar-refractivity contribution in [2.75, 3.05) is 11.9 Å². The van der Waals surface area contributed by atoms with Gasteiger partial charge in [-0.25, -0.2) is 0 Å². The van der Waals surface area contributed by atoms with E-state index in [2.05, 4.69) is 24.4 Å². The minimum atomic E-state index is -0.0553. The van der Waals surface area contributed by atoms with Crippen LogP contribution in [0.3, 0.4) is 0 Å². The first-order valence-electron chi connectivity index (χ1n) is 7.94. The van der Waals surface area contributed by atoms with Crippen LogP contribution in [0.5, 0.6) is 5.75 Å². The second-order valence-corrected chi connectivity index (χ2v) is 5.84. The molecule has 2 aromatic rings. The molecule has 0 aromatic heterocycles. The molecule has 0 saturated heterocycles. The second-order valence-electron chi connectivity index (χ2n) is 5.40. The first-order valence-corrected chi connectivity index (χ1v) is 8.32. The number of carbonyl (C=O) groups is 1. The Morgan fingerprint density at radius 3 is 2.43 bits per heavy atom. The van der Waals surface area contributed by atoms with E-state index in [1.165, 1.54) is 18.4 Å². The van der Waals surface area contributed by atoms with Crippen molar-refractivity contribution in [2.45, 2.75) is 32.6 Å². The molecule has 0 bridgehead atoms. The molecule has 0 atom stereocenters. The molecule has 0 aliphatic heterocycles. The maximum Gasteiger partial charge on any atom is 0.227 e. The fourth-order valence-corrected chi connectivity index (χ4v) is 2.28. The molecule has 23 heavy (non-hydrogen) atoms. The van der Waals surface area contributed by atoms with Crippen LogP contribution in [0.2, 0.25) is 5.02 Å². The van der Waals surface area contributed by atoms with Crippen molar-refractivity contribution < 1.29 is 9.53 Å². The molecule has 2 rings (SSSR count). The maximum absolute atomic E-state index is 11.9. The van der Waals surface area contributed by atoms with Crippen LogP contribution in [0, 0.1) is 0 Å². The SMILES string of the molecule is CCCCc1ccc(NC(=O)CCOc2ccc(Cl)cc2)cc1. The highest BCUT2D eigenvalue weighted by Crippen LogP contribution is 2.16. The number of hydrogen-bond acceptors (Lipinski definition) is 2. The number of hydrogen-bond donors (Lipinski definition) is 1. The Morgan fingerprint density at radius 2 is 1.78 bits per heavy atom. The van der Waals surface area contributed by atoms with Crippen molar-refractivity contribution in [3.05, 3.63) is 59.1 Å². The van der Waals surface area contributed by atoms with E-state index >= 15 is 0 Å². The Labute approximate surface area is 142 Å². The molecule has 0 heterocycles. The third-order valence-corrected chi connectivity index (χ3v) is 3.72. The molecule has 0 aliphatic rings. The number of halogens is 1. The highest BCUT2D eigenvalue weighted by Gasteiger charge is 2.03. The Kier molecular flexibility index (Phi) is 6.95. The van der Waals surface area contributed by atoms with E-state index in [4.69, 9.17) is 16.3 Å². The number of anilines is 1. The number of rotatable bonds is 8. The first kappa shape index (κ1) is 17.4. The van der Waals surface area contributed by atoms with E-state index in [-0.39, 0.29) is 5.91 Å². The van der Waals surface area contributed by atoms with Gasteiger partial charge in [0, 0.05) is 10.7 Å². The van der Waals surface area contributed by atoms with Gasteiger partial charge in [-0.1, -0.05) is 37.1 Å². The Morgan fingerprint density at radius 1 is 1.09 bits per heavy atom. The van der Waals surface area contributed by atoms with E-state index in [1.54, 1.807) is 24.3 Å². The highest BCUT2D eigenvalue weighted by molar-refractivity contribution is 6.30. The van der Waals surface area contributed by atoms with Crippen LogP contribution in [0.25, 0.3) is 0 Å². The van der Waals surface area contributed by atoms with Crippen LogP contribution in [0.15, 0.2) is 48.5 Å². The Balaban J connectivity index is 1.72. The van der Waals surface area contributed by atoms with E-state index in [0.29, 0.717) is 23.8 Å². The summed E-state index contributed by atoms with van der Waals surface area (Å²) in [6.07, 6.45) is 3.76. The van der Waals surface area contributed by atoms with Crippen molar-refractivity contribution in [3.8, 4) is 5.75 Å². The summed E-state index contributed by atoms with van der Waals surface area (Å²) in [6.45, 7) is 2.52. The van der Waals surface area contributed by atoms with Gasteiger partial charge in [-0.05, 0) is 54.8 Å². The smallest absolute Gasteiger partial charge is 0.227 e. The summed E-state index contributed by atoms with van der Waals surface area (Å²) in [5, 5.41) is 3.54. The summed E-state index contributed by atoms with van der Waals surface area (Å²) in [5.74, 6) is 0.655. The van der Waals surface area contributed by atoms with Gasteiger partial charge in [-0.2, -0.15) is 0 Å². The number of carbonyl (C=O) groups excluding carboxylic acids is 1. The minimum Gasteiger partial charge on any atom is -0.493 e. The number of nitrogens with one attached hydrogen (secondary N) is 1. The van der Waals surface area contributed by atoms with Crippen LogP contribution in [0.4, 0.5) is 5.69 Å². The largest absolute Gasteiger partial charge is 0.493 e. The average molecular weight is 332 g/mol. The van der Waals surface area contributed by atoms with E-state index in [9.17, 15) is 4.79 Å². The second kappa shape index (κ2) is 9.21. The molecule has 0 unspecified atom stereocenters. The third kappa shape index (κ3) is 6.33. The predicted molar refractivity (Wildman–Crippen MR) is 95.2 cm³/mol. The molecule has 0 spiro atoms. The number of aryl methyl sites for hydroxylation is 1. The zero-order chi connectivity index (χ0) is 16.5. The van der Waals surface area contributed by atoms with Gasteiger partial charge >= 0.3 is 0 Å². The molecule has 1 N–H and O–H groups in total. The monoisotopic (exact) mass is 331 g/mol. The van der Waals surface area contributed by atoms with Crippen molar-refractivity contribution in [1.29, 1.82) is 0 Å². The van der Waals surface area contributed by atoms with Gasteiger partial charge in [0.25, 0.3) is 0 Å². The van der Waals surface area contributed by atoms with Gasteiger partial charge in [0.2, 0.25) is 5.91 Å². The average Bonchev–Trinajstić information content (AvgIpc) is 2.56. The predicted octanol–water partition coefficient (Wildman–Crippen LogP) is 5.09. The summed E-state index contributed by atoms with van der Waals surface area (Å²) < 4.78 is 5.51. The van der Waals surface area contributed by atoms with E-state index in [1.807, 2.05) is 12.1 Å². The Hall–Kier alpha value is -2.00. The van der Waals surface area contributed by atoms with Crippen molar-refractivity contribution >= 4 is 23.2 Å². The number of amides is 1. The molecule has 0 aliphatic carbocycles. The van der Waals surface area contributed by atoms with Crippen LogP contribution in [0.1, 0.15) is 31.7 Å². The summed E-state index contributed by atoms with van der Waals surface area (Å²) in [5.41, 5.74) is 2.12. The van der Waals surface area contributed by atoms with Crippen LogP contribution in [-0.2, 0) is 11.2 Å². The quantitative estimate of drug-likeness (QED) is 0.731. The summed E-state index contributed by atoms with van der Waals surface area (Å²) in [7, 11) is 0. The lowest BCUT2D eigenvalue weighted by Crippen LogP contribution is -2.15. The molecule has 0 fully saturated rings. The van der Waals surface area contributed by atoms with Crippen molar-refractivity contribution in [3.63, 3.8) is 0 Å². The molecule has 0 radical (unpaired) electrons. The zero-order valence-electron chi connectivity index (χ0n) is 13.3. The van der Waals surface area contributed by atoms with Crippen LogP contribution < -0.4 is 10.1 Å². The molecule has 2 aromatic carbocycles. The molecule has 0 saturated carbocycles. The van der Waals surface area contributed by atoms with E-state index in [0.717, 1.165) is 12.1 Å². The molecule has 3 nitrogen and oxygen atoms in total. The Bertz CT molecular complexity index is 608. The number of unbranched alkanes of at least 4 members (excludes halogenated alkanes) is 1. The number of benzene rings is 2. The lowest BCUT2D eigenvalue weighted by molar-refractivity contribution is -0.116. The van der Waals surface area contributed by atoms with Crippen molar-refractivity contribution in [1.82, 2.24) is 0 Å². The molecule has 4 heteroatoms. The maximum atomic E-state index is 11.9. The summed E-state index contributed by atoms with van der Waals surface area (Å²) in [4.78, 5) is 11.9. The van der Waals surface area contributed by atoms with Gasteiger partial charge < -0.3 is 10.1 Å². The van der Waals surface area contributed by atoms with Crippen molar-refractivity contribution in [2.24, 2.45) is 0 Å². The molecule has 122 valence electrons. The van der Waals surface area contributed by atoms with Gasteiger partial charge in [-0.3, -0.25) is 4.79 Å². The number of ether oxygens (including phenoxy) is 1. The summed E-state index contributed by atoms with van der Waals surface area (Å²) >= 11 is 5.81. The van der Waals surface area contributed by atoms with Gasteiger partial charge in [-0.15, -0.1) is 0 Å². The van der Waals surface area contributed by atoms with Gasteiger partial charge in [0.15, 0.2) is 0 Å². The first-order chi connectivity index (χ1) is 11.2. The lowest BCUT2D eigenvalue weighted by Gasteiger charge is -2.08. The fourth-order valence-electron chi connectivity index (χ4n) is 2.15.